The Morgan fingerprint density at radius 1 is 1.25 bits per heavy atom. The van der Waals surface area contributed by atoms with Gasteiger partial charge in [0.05, 0.1) is 6.04 Å². The standard InChI is InChI=1S/C13H20N2O/c1-9(2)12-6-4-11(5-7-12)8-15-13(16)10(3)14/h4-7,9-10H,8,14H2,1-3H3,(H,15,16)/t10-/m1/s1. The van der Waals surface area contributed by atoms with Crippen LogP contribution in [-0.4, -0.2) is 11.9 Å². The van der Waals surface area contributed by atoms with Crippen molar-refractivity contribution in [3.63, 3.8) is 0 Å². The lowest BCUT2D eigenvalue weighted by atomic mass is 10.0. The number of rotatable bonds is 4. The van der Waals surface area contributed by atoms with Gasteiger partial charge in [0.1, 0.15) is 0 Å². The molecule has 3 heteroatoms. The van der Waals surface area contributed by atoms with Crippen LogP contribution in [0.25, 0.3) is 0 Å². The first-order valence-electron chi connectivity index (χ1n) is 5.63. The minimum absolute atomic E-state index is 0.118. The fraction of sp³-hybridized carbons (Fsp3) is 0.462. The van der Waals surface area contributed by atoms with Gasteiger partial charge >= 0.3 is 0 Å². The molecule has 3 N–H and O–H groups in total. The van der Waals surface area contributed by atoms with Crippen molar-refractivity contribution in [3.05, 3.63) is 35.4 Å². The van der Waals surface area contributed by atoms with Crippen LogP contribution < -0.4 is 11.1 Å². The molecule has 0 radical (unpaired) electrons. The van der Waals surface area contributed by atoms with Crippen molar-refractivity contribution in [3.8, 4) is 0 Å². The van der Waals surface area contributed by atoms with E-state index in [4.69, 9.17) is 5.73 Å². The quantitative estimate of drug-likeness (QED) is 0.812. The van der Waals surface area contributed by atoms with Gasteiger partial charge in [0.15, 0.2) is 0 Å². The number of nitrogens with two attached hydrogens (primary N) is 1. The SMILES string of the molecule is CC(C)c1ccc(CNC(=O)[C@@H](C)N)cc1. The molecule has 0 heterocycles. The van der Waals surface area contributed by atoms with Gasteiger partial charge in [0.2, 0.25) is 5.91 Å². The van der Waals surface area contributed by atoms with Crippen LogP contribution in [0.2, 0.25) is 0 Å². The average Bonchev–Trinajstić information content (AvgIpc) is 2.26. The van der Waals surface area contributed by atoms with E-state index in [0.717, 1.165) is 5.56 Å². The van der Waals surface area contributed by atoms with Gasteiger partial charge in [-0.05, 0) is 24.0 Å². The Kier molecular flexibility index (Phi) is 4.50. The molecule has 0 spiro atoms. The van der Waals surface area contributed by atoms with E-state index in [0.29, 0.717) is 12.5 Å². The molecule has 0 fully saturated rings. The van der Waals surface area contributed by atoms with Gasteiger partial charge in [0, 0.05) is 6.54 Å². The van der Waals surface area contributed by atoms with Crippen LogP contribution in [0.4, 0.5) is 0 Å². The van der Waals surface area contributed by atoms with Crippen molar-refractivity contribution >= 4 is 5.91 Å². The van der Waals surface area contributed by atoms with Gasteiger partial charge in [-0.15, -0.1) is 0 Å². The minimum Gasteiger partial charge on any atom is -0.351 e. The van der Waals surface area contributed by atoms with Crippen LogP contribution in [0.5, 0.6) is 0 Å². The summed E-state index contributed by atoms with van der Waals surface area (Å²) in [5.41, 5.74) is 7.86. The fourth-order valence-corrected chi connectivity index (χ4v) is 1.37. The van der Waals surface area contributed by atoms with Crippen molar-refractivity contribution < 1.29 is 4.79 Å². The molecule has 1 amide bonds. The second-order valence-electron chi connectivity index (χ2n) is 4.40. The molecule has 0 aromatic heterocycles. The number of hydrogen-bond acceptors (Lipinski definition) is 2. The van der Waals surface area contributed by atoms with Gasteiger partial charge < -0.3 is 11.1 Å². The highest BCUT2D eigenvalue weighted by Gasteiger charge is 2.06. The highest BCUT2D eigenvalue weighted by Crippen LogP contribution is 2.14. The van der Waals surface area contributed by atoms with Crippen LogP contribution in [-0.2, 0) is 11.3 Å². The second kappa shape index (κ2) is 5.66. The summed E-state index contributed by atoms with van der Waals surface area (Å²) in [6.45, 7) is 6.54. The zero-order chi connectivity index (χ0) is 12.1. The third-order valence-electron chi connectivity index (χ3n) is 2.53. The predicted molar refractivity (Wildman–Crippen MR) is 66.0 cm³/mol. The third-order valence-corrected chi connectivity index (χ3v) is 2.53. The topological polar surface area (TPSA) is 55.1 Å². The lowest BCUT2D eigenvalue weighted by Gasteiger charge is -2.09. The minimum atomic E-state index is -0.449. The molecule has 16 heavy (non-hydrogen) atoms. The molecule has 0 bridgehead atoms. The number of hydrogen-bond donors (Lipinski definition) is 2. The molecule has 88 valence electrons. The summed E-state index contributed by atoms with van der Waals surface area (Å²) in [7, 11) is 0. The summed E-state index contributed by atoms with van der Waals surface area (Å²) in [4.78, 5) is 11.3. The van der Waals surface area contributed by atoms with Gasteiger partial charge in [-0.2, -0.15) is 0 Å². The van der Waals surface area contributed by atoms with E-state index < -0.39 is 6.04 Å². The largest absolute Gasteiger partial charge is 0.351 e. The molecule has 1 aromatic carbocycles. The Balaban J connectivity index is 2.53. The summed E-state index contributed by atoms with van der Waals surface area (Å²) in [6, 6.07) is 7.82. The second-order valence-corrected chi connectivity index (χ2v) is 4.40. The van der Waals surface area contributed by atoms with Gasteiger partial charge in [0.25, 0.3) is 0 Å². The van der Waals surface area contributed by atoms with E-state index >= 15 is 0 Å². The number of amides is 1. The summed E-state index contributed by atoms with van der Waals surface area (Å²) < 4.78 is 0. The third kappa shape index (κ3) is 3.66. The first kappa shape index (κ1) is 12.7. The van der Waals surface area contributed by atoms with Crippen molar-refractivity contribution in [2.75, 3.05) is 0 Å². The van der Waals surface area contributed by atoms with Crippen LogP contribution in [0.1, 0.15) is 37.8 Å². The predicted octanol–water partition coefficient (Wildman–Crippen LogP) is 1.77. The maximum absolute atomic E-state index is 11.3. The number of benzene rings is 1. The van der Waals surface area contributed by atoms with E-state index in [-0.39, 0.29) is 5.91 Å². The Bertz CT molecular complexity index is 341. The molecule has 0 saturated carbocycles. The summed E-state index contributed by atoms with van der Waals surface area (Å²) >= 11 is 0. The number of carbonyl (C=O) groups excluding carboxylic acids is 1. The number of carbonyl (C=O) groups is 1. The van der Waals surface area contributed by atoms with E-state index in [1.807, 2.05) is 12.1 Å². The molecule has 0 unspecified atom stereocenters. The zero-order valence-electron chi connectivity index (χ0n) is 10.2. The smallest absolute Gasteiger partial charge is 0.236 e. The molecule has 0 aliphatic heterocycles. The van der Waals surface area contributed by atoms with Crippen LogP contribution in [0.15, 0.2) is 24.3 Å². The normalized spacial score (nSPS) is 12.6. The van der Waals surface area contributed by atoms with Crippen LogP contribution >= 0.6 is 0 Å². The molecule has 1 atom stereocenters. The van der Waals surface area contributed by atoms with Gasteiger partial charge in [-0.25, -0.2) is 0 Å². The molecule has 1 aromatic rings. The summed E-state index contributed by atoms with van der Waals surface area (Å²) in [5, 5.41) is 2.78. The van der Waals surface area contributed by atoms with Gasteiger partial charge in [-0.3, -0.25) is 4.79 Å². The van der Waals surface area contributed by atoms with Crippen LogP contribution in [0.3, 0.4) is 0 Å². The highest BCUT2D eigenvalue weighted by atomic mass is 16.2. The summed E-state index contributed by atoms with van der Waals surface area (Å²) in [5.74, 6) is 0.417. The van der Waals surface area contributed by atoms with Crippen molar-refractivity contribution in [1.82, 2.24) is 5.32 Å². The first-order chi connectivity index (χ1) is 7.50. The Hall–Kier alpha value is -1.35. The first-order valence-corrected chi connectivity index (χ1v) is 5.63. The maximum atomic E-state index is 11.3. The van der Waals surface area contributed by atoms with Gasteiger partial charge in [-0.1, -0.05) is 38.1 Å². The van der Waals surface area contributed by atoms with Crippen molar-refractivity contribution in [1.29, 1.82) is 0 Å². The summed E-state index contributed by atoms with van der Waals surface area (Å²) in [6.07, 6.45) is 0. The fourth-order valence-electron chi connectivity index (χ4n) is 1.37. The van der Waals surface area contributed by atoms with E-state index in [9.17, 15) is 4.79 Å². The van der Waals surface area contributed by atoms with E-state index in [2.05, 4.69) is 31.3 Å². The van der Waals surface area contributed by atoms with Crippen LogP contribution in [0, 0.1) is 0 Å². The molecule has 0 saturated heterocycles. The molecular weight excluding hydrogens is 200 g/mol. The lowest BCUT2D eigenvalue weighted by Crippen LogP contribution is -2.37. The molecule has 0 aliphatic rings. The monoisotopic (exact) mass is 220 g/mol. The lowest BCUT2D eigenvalue weighted by molar-refractivity contribution is -0.122. The Labute approximate surface area is 97.0 Å². The van der Waals surface area contributed by atoms with Crippen molar-refractivity contribution in [2.45, 2.75) is 39.3 Å². The van der Waals surface area contributed by atoms with Crippen molar-refractivity contribution in [2.24, 2.45) is 5.73 Å². The van der Waals surface area contributed by atoms with E-state index in [1.54, 1.807) is 6.92 Å². The Morgan fingerprint density at radius 2 is 1.81 bits per heavy atom. The molecule has 0 aliphatic carbocycles. The zero-order valence-corrected chi connectivity index (χ0v) is 10.2. The highest BCUT2D eigenvalue weighted by molar-refractivity contribution is 5.80. The Morgan fingerprint density at radius 3 is 2.25 bits per heavy atom. The average molecular weight is 220 g/mol. The molecule has 3 nitrogen and oxygen atoms in total. The molecule has 1 rings (SSSR count). The number of nitrogens with one attached hydrogen (secondary N) is 1. The van der Waals surface area contributed by atoms with E-state index in [1.165, 1.54) is 5.56 Å². The molecular formula is C13H20N2O. The maximum Gasteiger partial charge on any atom is 0.236 e.